The first-order valence-corrected chi connectivity index (χ1v) is 12.0. The lowest BCUT2D eigenvalue weighted by Crippen LogP contribution is -2.35. The van der Waals surface area contributed by atoms with E-state index in [1.165, 1.54) is 28.8 Å². The molecule has 9 heteroatoms. The summed E-state index contributed by atoms with van der Waals surface area (Å²) in [7, 11) is 0. The highest BCUT2D eigenvalue weighted by molar-refractivity contribution is 8.26. The molecule has 1 aromatic carbocycles. The Hall–Kier alpha value is -3.33. The summed E-state index contributed by atoms with van der Waals surface area (Å²) < 4.78 is 7.84. The van der Waals surface area contributed by atoms with Crippen molar-refractivity contribution in [3.05, 3.63) is 59.4 Å². The number of piperidine rings is 1. The number of aliphatic imine (C=N–C) groups is 1. The fourth-order valence-corrected chi connectivity index (χ4v) is 4.95. The molecule has 0 unspecified atom stereocenters. The monoisotopic (exact) mass is 462 g/mol. The summed E-state index contributed by atoms with van der Waals surface area (Å²) in [5.41, 5.74) is 2.25. The van der Waals surface area contributed by atoms with Crippen molar-refractivity contribution in [1.29, 1.82) is 5.41 Å². The van der Waals surface area contributed by atoms with Gasteiger partial charge < -0.3 is 14.2 Å². The molecule has 1 N–H and O–H groups in total. The maximum Gasteiger partial charge on any atom is 0.283 e. The first kappa shape index (κ1) is 21.5. The van der Waals surface area contributed by atoms with Gasteiger partial charge in [-0.15, -0.1) is 5.10 Å². The molecule has 1 amide bonds. The van der Waals surface area contributed by atoms with Gasteiger partial charge in [-0.3, -0.25) is 10.2 Å². The summed E-state index contributed by atoms with van der Waals surface area (Å²) in [5.74, 6) is 0.485. The molecular formula is C24H26N6O2S. The van der Waals surface area contributed by atoms with E-state index in [0.29, 0.717) is 18.3 Å². The van der Waals surface area contributed by atoms with Crippen LogP contribution < -0.4 is 4.74 Å². The van der Waals surface area contributed by atoms with E-state index >= 15 is 0 Å². The minimum atomic E-state index is -0.405. The third-order valence-corrected chi connectivity index (χ3v) is 6.82. The predicted molar refractivity (Wildman–Crippen MR) is 132 cm³/mol. The van der Waals surface area contributed by atoms with Crippen LogP contribution in [0.4, 0.5) is 0 Å². The molecule has 0 bridgehead atoms. The normalized spacial score (nSPS) is 19.6. The number of nitrogens with zero attached hydrogens (tertiary/aromatic N) is 5. The molecule has 33 heavy (non-hydrogen) atoms. The van der Waals surface area contributed by atoms with E-state index in [4.69, 9.17) is 10.1 Å². The van der Waals surface area contributed by atoms with Gasteiger partial charge in [0.15, 0.2) is 11.0 Å². The topological polar surface area (TPSA) is 86.3 Å². The molecule has 8 nitrogen and oxygen atoms in total. The molecule has 0 aliphatic carbocycles. The number of hydrogen-bond acceptors (Lipinski definition) is 6. The first-order chi connectivity index (χ1) is 16.1. The zero-order chi connectivity index (χ0) is 22.8. The molecule has 0 atom stereocenters. The van der Waals surface area contributed by atoms with Crippen molar-refractivity contribution in [3.8, 4) is 5.75 Å². The second kappa shape index (κ2) is 9.27. The van der Waals surface area contributed by atoms with Crippen molar-refractivity contribution >= 4 is 39.9 Å². The summed E-state index contributed by atoms with van der Waals surface area (Å²) in [6.07, 6.45) is 7.16. The third-order valence-electron chi connectivity index (χ3n) is 5.85. The number of hydrogen-bond donors (Lipinski definition) is 1. The van der Waals surface area contributed by atoms with Gasteiger partial charge >= 0.3 is 0 Å². The average Bonchev–Trinajstić information content (AvgIpc) is 3.45. The largest absolute Gasteiger partial charge is 0.492 e. The summed E-state index contributed by atoms with van der Waals surface area (Å²) in [4.78, 5) is 19.2. The number of rotatable bonds is 5. The molecule has 170 valence electrons. The standard InChI is InChI=1S/C24H26N6O2S/c1-17-7-9-19(10-8-17)32-15-14-28-13-5-6-18(28)16-20-21(25)30-23(26-22(20)31)33-24(27-30)29-11-3-2-4-12-29/h5-10,13,16,25H,2-4,11-12,14-15H2,1H3/b20-16-,25-21?. The molecule has 0 saturated carbocycles. The number of fused-ring (bicyclic) bond motifs is 1. The number of ether oxygens (including phenoxy) is 1. The third kappa shape index (κ3) is 4.59. The number of aryl methyl sites for hydroxylation is 1. The number of carbonyl (C=O) groups is 1. The summed E-state index contributed by atoms with van der Waals surface area (Å²) in [6.45, 7) is 5.06. The number of nitrogens with one attached hydrogen (secondary N) is 1. The van der Waals surface area contributed by atoms with Crippen LogP contribution in [0.1, 0.15) is 30.5 Å². The number of amides is 1. The number of likely N-dealkylation sites (tertiary alicyclic amines) is 1. The molecule has 4 heterocycles. The van der Waals surface area contributed by atoms with E-state index in [9.17, 15) is 4.79 Å². The zero-order valence-corrected chi connectivity index (χ0v) is 19.3. The Kier molecular flexibility index (Phi) is 6.04. The number of benzene rings is 1. The Balaban J connectivity index is 1.29. The van der Waals surface area contributed by atoms with E-state index in [2.05, 4.69) is 15.0 Å². The minimum absolute atomic E-state index is 0.0631. The Bertz CT molecular complexity index is 1160. The van der Waals surface area contributed by atoms with Crippen molar-refractivity contribution in [2.45, 2.75) is 32.7 Å². The van der Waals surface area contributed by atoms with E-state index in [0.717, 1.165) is 42.5 Å². The van der Waals surface area contributed by atoms with Crippen molar-refractivity contribution in [3.63, 3.8) is 0 Å². The van der Waals surface area contributed by atoms with Gasteiger partial charge in [-0.05, 0) is 68.3 Å². The Labute approximate surface area is 197 Å². The van der Waals surface area contributed by atoms with Crippen LogP contribution in [0.2, 0.25) is 0 Å². The second-order valence-corrected chi connectivity index (χ2v) is 9.17. The van der Waals surface area contributed by atoms with Gasteiger partial charge in [0.05, 0.1) is 12.1 Å². The highest BCUT2D eigenvalue weighted by Gasteiger charge is 2.37. The number of thioether (sulfide) groups is 1. The molecule has 2 aromatic rings. The fraction of sp³-hybridized carbons (Fsp3) is 0.333. The van der Waals surface area contributed by atoms with Gasteiger partial charge in [-0.2, -0.15) is 10.0 Å². The van der Waals surface area contributed by atoms with E-state index in [1.54, 1.807) is 6.08 Å². The van der Waals surface area contributed by atoms with Gasteiger partial charge in [-0.1, -0.05) is 17.7 Å². The lowest BCUT2D eigenvalue weighted by Gasteiger charge is -2.26. The van der Waals surface area contributed by atoms with E-state index in [1.807, 2.05) is 54.1 Å². The van der Waals surface area contributed by atoms with Crippen molar-refractivity contribution in [2.75, 3.05) is 19.7 Å². The Morgan fingerprint density at radius 2 is 1.91 bits per heavy atom. The van der Waals surface area contributed by atoms with Crippen molar-refractivity contribution in [2.24, 2.45) is 10.1 Å². The summed E-state index contributed by atoms with van der Waals surface area (Å²) >= 11 is 1.37. The summed E-state index contributed by atoms with van der Waals surface area (Å²) in [6, 6.07) is 11.8. The van der Waals surface area contributed by atoms with E-state index < -0.39 is 5.91 Å². The highest BCUT2D eigenvalue weighted by atomic mass is 32.2. The molecular weight excluding hydrogens is 436 g/mol. The van der Waals surface area contributed by atoms with Gasteiger partial charge in [0.1, 0.15) is 12.4 Å². The molecule has 3 aliphatic heterocycles. The smallest absolute Gasteiger partial charge is 0.283 e. The Morgan fingerprint density at radius 1 is 1.12 bits per heavy atom. The van der Waals surface area contributed by atoms with Gasteiger partial charge in [0.25, 0.3) is 5.91 Å². The van der Waals surface area contributed by atoms with Crippen molar-refractivity contribution < 1.29 is 9.53 Å². The van der Waals surface area contributed by atoms with Gasteiger partial charge in [-0.25, -0.2) is 0 Å². The van der Waals surface area contributed by atoms with Gasteiger partial charge in [0.2, 0.25) is 5.17 Å². The van der Waals surface area contributed by atoms with Crippen LogP contribution in [-0.2, 0) is 11.3 Å². The lowest BCUT2D eigenvalue weighted by molar-refractivity contribution is -0.114. The van der Waals surface area contributed by atoms with Crippen LogP contribution in [0.15, 0.2) is 58.3 Å². The van der Waals surface area contributed by atoms with Crippen LogP contribution in [-0.4, -0.2) is 56.3 Å². The molecule has 1 saturated heterocycles. The maximum absolute atomic E-state index is 12.8. The van der Waals surface area contributed by atoms with Crippen LogP contribution in [0, 0.1) is 12.3 Å². The highest BCUT2D eigenvalue weighted by Crippen LogP contribution is 2.30. The number of aromatic nitrogens is 1. The first-order valence-electron chi connectivity index (χ1n) is 11.2. The number of amidine groups is 3. The number of hydrazone groups is 1. The summed E-state index contributed by atoms with van der Waals surface area (Å²) in [5, 5.41) is 16.0. The molecule has 1 fully saturated rings. The van der Waals surface area contributed by atoms with Crippen LogP contribution >= 0.6 is 11.8 Å². The van der Waals surface area contributed by atoms with Crippen molar-refractivity contribution in [1.82, 2.24) is 14.5 Å². The molecule has 0 radical (unpaired) electrons. The number of carbonyl (C=O) groups excluding carboxylic acids is 1. The second-order valence-electron chi connectivity index (χ2n) is 8.24. The molecule has 0 spiro atoms. The molecule has 3 aliphatic rings. The maximum atomic E-state index is 12.8. The van der Waals surface area contributed by atoms with E-state index in [-0.39, 0.29) is 11.4 Å². The van der Waals surface area contributed by atoms with Crippen LogP contribution in [0.3, 0.4) is 0 Å². The predicted octanol–water partition coefficient (Wildman–Crippen LogP) is 3.94. The van der Waals surface area contributed by atoms with Gasteiger partial charge in [0, 0.05) is 25.0 Å². The average molecular weight is 463 g/mol. The van der Waals surface area contributed by atoms with Crippen LogP contribution in [0.25, 0.3) is 6.08 Å². The molecule has 1 aromatic heterocycles. The molecule has 5 rings (SSSR count). The minimum Gasteiger partial charge on any atom is -0.492 e. The fourth-order valence-electron chi connectivity index (χ4n) is 4.00. The SMILES string of the molecule is Cc1ccc(OCCn2cccc2/C=C2/C(=N)N3N=C(N4CCCCC4)SC3=NC2=O)cc1. The Morgan fingerprint density at radius 3 is 2.70 bits per heavy atom. The van der Waals surface area contributed by atoms with Crippen LogP contribution in [0.5, 0.6) is 5.75 Å². The zero-order valence-electron chi connectivity index (χ0n) is 18.5. The quantitative estimate of drug-likeness (QED) is 0.681. The lowest BCUT2D eigenvalue weighted by atomic mass is 10.1.